The molecule has 1 aliphatic heterocycles. The quantitative estimate of drug-likeness (QED) is 0.917. The fourth-order valence-corrected chi connectivity index (χ4v) is 2.65. The van der Waals surface area contributed by atoms with Crippen LogP contribution in [0.5, 0.6) is 0 Å². The van der Waals surface area contributed by atoms with Crippen molar-refractivity contribution in [3.63, 3.8) is 0 Å². The summed E-state index contributed by atoms with van der Waals surface area (Å²) in [5, 5.41) is 2.68. The molecule has 0 saturated carbocycles. The number of piperidine rings is 1. The van der Waals surface area contributed by atoms with Crippen molar-refractivity contribution >= 4 is 12.0 Å². The fraction of sp³-hybridized carbons (Fsp3) is 0.500. The van der Waals surface area contributed by atoms with E-state index < -0.39 is 23.7 Å². The maximum atomic E-state index is 13.0. The zero-order valence-electron chi connectivity index (χ0n) is 13.2. The number of ether oxygens (including phenoxy) is 1. The summed E-state index contributed by atoms with van der Waals surface area (Å²) in [5.74, 6) is -0.641. The summed E-state index contributed by atoms with van der Waals surface area (Å²) in [7, 11) is 0. The smallest absolute Gasteiger partial charge is 0.417 e. The first-order valence-electron chi connectivity index (χ1n) is 7.71. The molecule has 1 N–H and O–H groups in total. The SMILES string of the molecule is CCOC(=O)NC1CCN(C(=O)c2ccccc2C(F)(F)F)CC1. The summed E-state index contributed by atoms with van der Waals surface area (Å²) in [5.41, 5.74) is -1.27. The molecule has 0 aromatic heterocycles. The van der Waals surface area contributed by atoms with Crippen molar-refractivity contribution in [2.75, 3.05) is 19.7 Å². The molecule has 0 radical (unpaired) electrons. The van der Waals surface area contributed by atoms with Gasteiger partial charge in [-0.1, -0.05) is 12.1 Å². The van der Waals surface area contributed by atoms with Crippen molar-refractivity contribution in [2.45, 2.75) is 32.0 Å². The van der Waals surface area contributed by atoms with E-state index in [1.54, 1.807) is 6.92 Å². The molecule has 1 aliphatic rings. The minimum Gasteiger partial charge on any atom is -0.450 e. The van der Waals surface area contributed by atoms with E-state index in [0.29, 0.717) is 12.8 Å². The number of nitrogens with zero attached hydrogens (tertiary/aromatic N) is 1. The molecule has 1 heterocycles. The predicted octanol–water partition coefficient (Wildman–Crippen LogP) is 3.06. The van der Waals surface area contributed by atoms with Crippen LogP contribution in [-0.4, -0.2) is 42.6 Å². The van der Waals surface area contributed by atoms with Gasteiger partial charge in [-0.25, -0.2) is 4.79 Å². The number of nitrogens with one attached hydrogen (secondary N) is 1. The van der Waals surface area contributed by atoms with E-state index >= 15 is 0 Å². The lowest BCUT2D eigenvalue weighted by molar-refractivity contribution is -0.138. The van der Waals surface area contributed by atoms with Crippen LogP contribution in [0, 0.1) is 0 Å². The van der Waals surface area contributed by atoms with Gasteiger partial charge in [-0.2, -0.15) is 13.2 Å². The van der Waals surface area contributed by atoms with Gasteiger partial charge < -0.3 is 15.0 Å². The number of likely N-dealkylation sites (tertiary alicyclic amines) is 1. The summed E-state index contributed by atoms with van der Waals surface area (Å²) in [6.45, 7) is 2.51. The van der Waals surface area contributed by atoms with E-state index in [2.05, 4.69) is 5.32 Å². The van der Waals surface area contributed by atoms with Crippen LogP contribution in [0.1, 0.15) is 35.7 Å². The highest BCUT2D eigenvalue weighted by molar-refractivity contribution is 5.96. The number of alkyl carbamates (subject to hydrolysis) is 1. The lowest BCUT2D eigenvalue weighted by atomic mass is 10.0. The molecule has 0 spiro atoms. The normalized spacial score (nSPS) is 15.9. The molecule has 1 saturated heterocycles. The number of hydrogen-bond donors (Lipinski definition) is 1. The fourth-order valence-electron chi connectivity index (χ4n) is 2.65. The van der Waals surface area contributed by atoms with Gasteiger partial charge in [-0.3, -0.25) is 4.79 Å². The van der Waals surface area contributed by atoms with Crippen LogP contribution >= 0.6 is 0 Å². The van der Waals surface area contributed by atoms with Crippen molar-refractivity contribution in [1.82, 2.24) is 10.2 Å². The van der Waals surface area contributed by atoms with E-state index in [-0.39, 0.29) is 31.3 Å². The Labute approximate surface area is 137 Å². The molecule has 0 aliphatic carbocycles. The van der Waals surface area contributed by atoms with Crippen molar-refractivity contribution in [1.29, 1.82) is 0 Å². The largest absolute Gasteiger partial charge is 0.450 e. The van der Waals surface area contributed by atoms with Crippen LogP contribution in [0.4, 0.5) is 18.0 Å². The van der Waals surface area contributed by atoms with E-state index in [9.17, 15) is 22.8 Å². The van der Waals surface area contributed by atoms with E-state index in [0.717, 1.165) is 6.07 Å². The minimum absolute atomic E-state index is 0.147. The molecule has 0 bridgehead atoms. The van der Waals surface area contributed by atoms with Crippen LogP contribution in [-0.2, 0) is 10.9 Å². The van der Waals surface area contributed by atoms with Crippen LogP contribution in [0.2, 0.25) is 0 Å². The molecular weight excluding hydrogens is 325 g/mol. The molecule has 5 nitrogen and oxygen atoms in total. The Hall–Kier alpha value is -2.25. The number of amides is 2. The Morgan fingerprint density at radius 1 is 1.25 bits per heavy atom. The third kappa shape index (κ3) is 4.39. The van der Waals surface area contributed by atoms with Gasteiger partial charge in [0.15, 0.2) is 0 Å². The average Bonchev–Trinajstić information content (AvgIpc) is 2.54. The first-order chi connectivity index (χ1) is 11.3. The number of rotatable bonds is 3. The molecule has 1 aromatic rings. The third-order valence-electron chi connectivity index (χ3n) is 3.84. The second-order valence-corrected chi connectivity index (χ2v) is 5.47. The van der Waals surface area contributed by atoms with Crippen molar-refractivity contribution < 1.29 is 27.5 Å². The number of alkyl halides is 3. The molecule has 0 atom stereocenters. The third-order valence-corrected chi connectivity index (χ3v) is 3.84. The standard InChI is InChI=1S/C16H19F3N2O3/c1-2-24-15(23)20-11-7-9-21(10-8-11)14(22)12-5-3-4-6-13(12)16(17,18)19/h3-6,11H,2,7-10H2,1H3,(H,20,23). The first kappa shape index (κ1) is 18.1. The topological polar surface area (TPSA) is 58.6 Å². The van der Waals surface area contributed by atoms with Crippen LogP contribution in [0.25, 0.3) is 0 Å². The maximum Gasteiger partial charge on any atom is 0.417 e. The molecular formula is C16H19F3N2O3. The zero-order chi connectivity index (χ0) is 17.7. The Kier molecular flexibility index (Phi) is 5.69. The summed E-state index contributed by atoms with van der Waals surface area (Å²) in [6.07, 6.45) is -4.15. The van der Waals surface area contributed by atoms with Crippen molar-refractivity contribution in [3.05, 3.63) is 35.4 Å². The van der Waals surface area contributed by atoms with Crippen LogP contribution in [0.3, 0.4) is 0 Å². The van der Waals surface area contributed by atoms with Gasteiger partial charge in [0.25, 0.3) is 5.91 Å². The highest BCUT2D eigenvalue weighted by Crippen LogP contribution is 2.32. The molecule has 2 amide bonds. The summed E-state index contributed by atoms with van der Waals surface area (Å²) < 4.78 is 43.9. The molecule has 2 rings (SSSR count). The summed E-state index contributed by atoms with van der Waals surface area (Å²) in [6, 6.07) is 4.62. The summed E-state index contributed by atoms with van der Waals surface area (Å²) >= 11 is 0. The number of hydrogen-bond acceptors (Lipinski definition) is 3. The molecule has 8 heteroatoms. The molecule has 24 heavy (non-hydrogen) atoms. The highest BCUT2D eigenvalue weighted by Gasteiger charge is 2.36. The Balaban J connectivity index is 2.00. The number of carbonyl (C=O) groups excluding carboxylic acids is 2. The molecule has 1 fully saturated rings. The lowest BCUT2D eigenvalue weighted by Gasteiger charge is -2.32. The van der Waals surface area contributed by atoms with E-state index in [1.165, 1.54) is 23.1 Å². The zero-order valence-corrected chi connectivity index (χ0v) is 13.2. The number of halogens is 3. The van der Waals surface area contributed by atoms with Gasteiger partial charge >= 0.3 is 12.3 Å². The first-order valence-corrected chi connectivity index (χ1v) is 7.71. The molecule has 0 unspecified atom stereocenters. The summed E-state index contributed by atoms with van der Waals surface area (Å²) in [4.78, 5) is 25.2. The highest BCUT2D eigenvalue weighted by atomic mass is 19.4. The number of benzene rings is 1. The predicted molar refractivity (Wildman–Crippen MR) is 80.5 cm³/mol. The second kappa shape index (κ2) is 7.55. The Morgan fingerprint density at radius 2 is 1.88 bits per heavy atom. The number of carbonyl (C=O) groups is 2. The van der Waals surface area contributed by atoms with Gasteiger partial charge in [0.1, 0.15) is 0 Å². The minimum atomic E-state index is -4.57. The Bertz CT molecular complexity index is 596. The molecule has 1 aromatic carbocycles. The van der Waals surface area contributed by atoms with Gasteiger partial charge in [0, 0.05) is 19.1 Å². The van der Waals surface area contributed by atoms with Gasteiger partial charge in [-0.15, -0.1) is 0 Å². The maximum absolute atomic E-state index is 13.0. The van der Waals surface area contributed by atoms with Gasteiger partial charge in [0.05, 0.1) is 17.7 Å². The Morgan fingerprint density at radius 3 is 2.46 bits per heavy atom. The second-order valence-electron chi connectivity index (χ2n) is 5.47. The van der Waals surface area contributed by atoms with Crippen LogP contribution < -0.4 is 5.32 Å². The van der Waals surface area contributed by atoms with Gasteiger partial charge in [0.2, 0.25) is 0 Å². The van der Waals surface area contributed by atoms with Crippen molar-refractivity contribution in [2.24, 2.45) is 0 Å². The van der Waals surface area contributed by atoms with Gasteiger partial charge in [-0.05, 0) is 31.9 Å². The average molecular weight is 344 g/mol. The van der Waals surface area contributed by atoms with E-state index in [1.807, 2.05) is 0 Å². The van der Waals surface area contributed by atoms with Crippen molar-refractivity contribution in [3.8, 4) is 0 Å². The van der Waals surface area contributed by atoms with Crippen LogP contribution in [0.15, 0.2) is 24.3 Å². The van der Waals surface area contributed by atoms with E-state index in [4.69, 9.17) is 4.74 Å². The molecule has 132 valence electrons. The lowest BCUT2D eigenvalue weighted by Crippen LogP contribution is -2.47. The monoisotopic (exact) mass is 344 g/mol.